The number of imidazole rings is 1. The lowest BCUT2D eigenvalue weighted by Crippen LogP contribution is -2.36. The molecule has 7 heteroatoms. The van der Waals surface area contributed by atoms with Gasteiger partial charge in [-0.25, -0.2) is 9.78 Å². The van der Waals surface area contributed by atoms with Crippen LogP contribution in [-0.4, -0.2) is 19.1 Å². The largest absolute Gasteiger partial charge is 0.335 e. The van der Waals surface area contributed by atoms with Gasteiger partial charge in [-0.05, 0) is 6.92 Å². The van der Waals surface area contributed by atoms with E-state index in [9.17, 15) is 9.59 Å². The lowest BCUT2D eigenvalue weighted by molar-refractivity contribution is 0.708. The van der Waals surface area contributed by atoms with Crippen molar-refractivity contribution in [2.24, 2.45) is 14.1 Å². The third-order valence-corrected chi connectivity index (χ3v) is 2.75. The second kappa shape index (κ2) is 3.51. The third kappa shape index (κ3) is 1.39. The first kappa shape index (κ1) is 11.0. The fourth-order valence-electron chi connectivity index (χ4n) is 1.54. The Kier molecular flexibility index (Phi) is 2.42. The van der Waals surface area contributed by atoms with Gasteiger partial charge in [-0.15, -0.1) is 0 Å². The van der Waals surface area contributed by atoms with Gasteiger partial charge in [0.2, 0.25) is 0 Å². The summed E-state index contributed by atoms with van der Waals surface area (Å²) in [5.41, 5.74) is -0.0577. The van der Waals surface area contributed by atoms with Crippen LogP contribution in [0.1, 0.15) is 18.0 Å². The van der Waals surface area contributed by atoms with Gasteiger partial charge < -0.3 is 4.98 Å². The number of hydrogen-bond acceptors (Lipinski definition) is 4. The third-order valence-electron chi connectivity index (χ3n) is 2.51. The van der Waals surface area contributed by atoms with Crippen LogP contribution >= 0.6 is 12.6 Å². The number of rotatable bonds is 1. The molecule has 2 aromatic rings. The summed E-state index contributed by atoms with van der Waals surface area (Å²) in [5.74, 6) is 0.580. The topological polar surface area (TPSA) is 72.7 Å². The maximum absolute atomic E-state index is 11.8. The molecule has 0 aliphatic heterocycles. The van der Waals surface area contributed by atoms with Crippen molar-refractivity contribution in [1.29, 1.82) is 0 Å². The number of nitrogens with one attached hydrogen (secondary N) is 1. The van der Waals surface area contributed by atoms with Crippen LogP contribution in [0.2, 0.25) is 0 Å². The maximum Gasteiger partial charge on any atom is 0.332 e. The smallest absolute Gasteiger partial charge is 0.332 e. The van der Waals surface area contributed by atoms with E-state index in [1.54, 1.807) is 7.05 Å². The van der Waals surface area contributed by atoms with Gasteiger partial charge in [0.05, 0.1) is 5.25 Å². The summed E-state index contributed by atoms with van der Waals surface area (Å²) in [6.45, 7) is 1.84. The van der Waals surface area contributed by atoms with Gasteiger partial charge in [-0.3, -0.25) is 13.9 Å². The Bertz CT molecular complexity index is 664. The van der Waals surface area contributed by atoms with Crippen molar-refractivity contribution in [2.75, 3.05) is 0 Å². The highest BCUT2D eigenvalue weighted by molar-refractivity contribution is 7.80. The van der Waals surface area contributed by atoms with Crippen LogP contribution in [-0.2, 0) is 14.1 Å². The molecular formula is C9H12N4O2S. The van der Waals surface area contributed by atoms with E-state index in [0.717, 1.165) is 4.57 Å². The van der Waals surface area contributed by atoms with Crippen molar-refractivity contribution in [3.63, 3.8) is 0 Å². The predicted octanol–water partition coefficient (Wildman–Crippen LogP) is -0.0489. The molecule has 2 aromatic heterocycles. The van der Waals surface area contributed by atoms with E-state index < -0.39 is 0 Å². The number of hydrogen-bond donors (Lipinski definition) is 2. The quantitative estimate of drug-likeness (QED) is 0.686. The highest BCUT2D eigenvalue weighted by Crippen LogP contribution is 2.16. The molecule has 1 atom stereocenters. The second-order valence-corrected chi connectivity index (χ2v) is 4.48. The molecule has 0 saturated carbocycles. The summed E-state index contributed by atoms with van der Waals surface area (Å²) >= 11 is 4.23. The predicted molar refractivity (Wildman–Crippen MR) is 64.0 cm³/mol. The van der Waals surface area contributed by atoms with Crippen LogP contribution < -0.4 is 11.2 Å². The zero-order chi connectivity index (χ0) is 12.0. The Morgan fingerprint density at radius 2 is 1.94 bits per heavy atom. The van der Waals surface area contributed by atoms with Gasteiger partial charge in [0.15, 0.2) is 5.65 Å². The second-order valence-electron chi connectivity index (χ2n) is 3.70. The Morgan fingerprint density at radius 3 is 2.50 bits per heavy atom. The number of nitrogens with zero attached hydrogens (tertiary/aromatic N) is 3. The van der Waals surface area contributed by atoms with Crippen molar-refractivity contribution in [1.82, 2.24) is 19.1 Å². The van der Waals surface area contributed by atoms with Crippen molar-refractivity contribution in [3.8, 4) is 0 Å². The first-order chi connectivity index (χ1) is 7.43. The minimum atomic E-state index is -0.387. The molecule has 0 bridgehead atoms. The maximum atomic E-state index is 11.8. The Hall–Kier alpha value is -1.50. The van der Waals surface area contributed by atoms with Crippen LogP contribution in [0.5, 0.6) is 0 Å². The minimum Gasteiger partial charge on any atom is -0.335 e. The molecule has 0 saturated heterocycles. The van der Waals surface area contributed by atoms with E-state index in [1.807, 2.05) is 6.92 Å². The summed E-state index contributed by atoms with van der Waals surface area (Å²) in [6, 6.07) is 0. The summed E-state index contributed by atoms with van der Waals surface area (Å²) in [5, 5.41) is -0.118. The van der Waals surface area contributed by atoms with Crippen molar-refractivity contribution in [3.05, 3.63) is 26.7 Å². The molecule has 16 heavy (non-hydrogen) atoms. The molecule has 0 amide bonds. The monoisotopic (exact) mass is 240 g/mol. The molecule has 2 rings (SSSR count). The average Bonchev–Trinajstić information content (AvgIpc) is 2.68. The molecule has 1 unspecified atom stereocenters. The van der Waals surface area contributed by atoms with Crippen LogP contribution in [0.15, 0.2) is 9.59 Å². The molecule has 0 aromatic carbocycles. The van der Waals surface area contributed by atoms with Crippen molar-refractivity contribution in [2.45, 2.75) is 12.2 Å². The molecule has 0 radical (unpaired) electrons. The number of fused-ring (bicyclic) bond motifs is 1. The highest BCUT2D eigenvalue weighted by Gasteiger charge is 2.14. The first-order valence-corrected chi connectivity index (χ1v) is 5.28. The lowest BCUT2D eigenvalue weighted by Gasteiger charge is -2.00. The summed E-state index contributed by atoms with van der Waals surface area (Å²) in [6.07, 6.45) is 0. The van der Waals surface area contributed by atoms with E-state index in [-0.39, 0.29) is 16.5 Å². The fourth-order valence-corrected chi connectivity index (χ4v) is 1.66. The number of H-pyrrole nitrogens is 1. The number of aromatic nitrogens is 4. The average molecular weight is 240 g/mol. The van der Waals surface area contributed by atoms with E-state index in [0.29, 0.717) is 17.0 Å². The van der Waals surface area contributed by atoms with E-state index in [1.165, 1.54) is 11.6 Å². The standard InChI is InChI=1S/C9H12N4O2S/c1-4(16)6-10-5-7(11-6)12(2)9(15)13(3)8(5)14/h4,16H,1-3H3,(H,10,11). The van der Waals surface area contributed by atoms with Gasteiger partial charge >= 0.3 is 5.69 Å². The summed E-state index contributed by atoms with van der Waals surface area (Å²) in [4.78, 5) is 30.5. The van der Waals surface area contributed by atoms with Crippen molar-refractivity contribution < 1.29 is 0 Å². The summed E-state index contributed by atoms with van der Waals surface area (Å²) < 4.78 is 2.39. The number of aromatic amines is 1. The number of aryl methyl sites for hydroxylation is 1. The Morgan fingerprint density at radius 1 is 1.31 bits per heavy atom. The van der Waals surface area contributed by atoms with Crippen LogP contribution in [0.25, 0.3) is 11.2 Å². The Balaban J connectivity index is 2.98. The molecule has 0 spiro atoms. The SMILES string of the molecule is CC(S)c1nc2c([nH]1)c(=O)n(C)c(=O)n2C. The van der Waals surface area contributed by atoms with Gasteiger partial charge in [0.1, 0.15) is 11.3 Å². The molecule has 86 valence electrons. The van der Waals surface area contributed by atoms with Gasteiger partial charge in [-0.2, -0.15) is 12.6 Å². The minimum absolute atomic E-state index is 0.118. The number of thiol groups is 1. The van der Waals surface area contributed by atoms with Crippen molar-refractivity contribution >= 4 is 23.8 Å². The zero-order valence-corrected chi connectivity index (χ0v) is 10.1. The normalized spacial score (nSPS) is 13.2. The molecule has 1 N–H and O–H groups in total. The van der Waals surface area contributed by atoms with Gasteiger partial charge in [0, 0.05) is 14.1 Å². The Labute approximate surface area is 96.3 Å². The molecule has 6 nitrogen and oxygen atoms in total. The van der Waals surface area contributed by atoms with Crippen LogP contribution in [0.4, 0.5) is 0 Å². The molecule has 2 heterocycles. The van der Waals surface area contributed by atoms with Crippen LogP contribution in [0.3, 0.4) is 0 Å². The lowest BCUT2D eigenvalue weighted by atomic mass is 10.5. The molecule has 0 fully saturated rings. The van der Waals surface area contributed by atoms with E-state index in [4.69, 9.17) is 0 Å². The van der Waals surface area contributed by atoms with Crippen LogP contribution in [0, 0.1) is 0 Å². The summed E-state index contributed by atoms with van der Waals surface area (Å²) in [7, 11) is 3.02. The molecular weight excluding hydrogens is 228 g/mol. The molecule has 0 aliphatic rings. The first-order valence-electron chi connectivity index (χ1n) is 4.77. The van der Waals surface area contributed by atoms with Gasteiger partial charge in [-0.1, -0.05) is 0 Å². The zero-order valence-electron chi connectivity index (χ0n) is 9.18. The van der Waals surface area contributed by atoms with E-state index in [2.05, 4.69) is 22.6 Å². The fraction of sp³-hybridized carbons (Fsp3) is 0.444. The van der Waals surface area contributed by atoms with Gasteiger partial charge in [0.25, 0.3) is 5.56 Å². The highest BCUT2D eigenvalue weighted by atomic mass is 32.1. The van der Waals surface area contributed by atoms with E-state index >= 15 is 0 Å². The molecule has 0 aliphatic carbocycles.